The van der Waals surface area contributed by atoms with Gasteiger partial charge in [-0.2, -0.15) is 0 Å². The van der Waals surface area contributed by atoms with Gasteiger partial charge in [-0.25, -0.2) is 13.4 Å². The summed E-state index contributed by atoms with van der Waals surface area (Å²) in [5, 5.41) is 3.20. The van der Waals surface area contributed by atoms with Crippen LogP contribution in [0.15, 0.2) is 42.6 Å². The van der Waals surface area contributed by atoms with Gasteiger partial charge >= 0.3 is 0 Å². The number of hydrogen-bond acceptors (Lipinski definition) is 4. The molecule has 2 rings (SSSR count). The zero-order valence-electron chi connectivity index (χ0n) is 10.7. The van der Waals surface area contributed by atoms with E-state index < -0.39 is 10.0 Å². The molecule has 0 bridgehead atoms. The first-order chi connectivity index (χ1) is 8.92. The van der Waals surface area contributed by atoms with Crippen molar-refractivity contribution in [3.05, 3.63) is 48.2 Å². The molecule has 0 radical (unpaired) electrons. The number of sulfonamides is 1. The predicted octanol–water partition coefficient (Wildman–Crippen LogP) is 2.51. The molecule has 1 heterocycles. The first-order valence-electron chi connectivity index (χ1n) is 5.70. The molecule has 0 amide bonds. The summed E-state index contributed by atoms with van der Waals surface area (Å²) in [5.74, 6) is 0.303. The van der Waals surface area contributed by atoms with E-state index in [4.69, 9.17) is 0 Å². The second-order valence-electron chi connectivity index (χ2n) is 4.30. The number of aryl methyl sites for hydroxylation is 1. The SMILES string of the molecule is Cc1cccc(Nc2ccc(NS(C)(=O)=O)nc2)c1. The summed E-state index contributed by atoms with van der Waals surface area (Å²) >= 11 is 0. The standard InChI is InChI=1S/C13H15N3O2S/c1-10-4-3-5-11(8-10)15-12-6-7-13(14-9-12)16-19(2,17)18/h3-9,15H,1-2H3,(H,14,16). The van der Waals surface area contributed by atoms with Gasteiger partial charge in [0.05, 0.1) is 18.1 Å². The fourth-order valence-corrected chi connectivity index (χ4v) is 2.11. The van der Waals surface area contributed by atoms with Gasteiger partial charge < -0.3 is 5.32 Å². The Bertz CT molecular complexity index is 667. The minimum atomic E-state index is -3.29. The Hall–Kier alpha value is -2.08. The molecule has 2 aromatic rings. The largest absolute Gasteiger partial charge is 0.354 e. The molecule has 0 aliphatic rings. The number of hydrogen-bond donors (Lipinski definition) is 2. The van der Waals surface area contributed by atoms with E-state index in [2.05, 4.69) is 15.0 Å². The average molecular weight is 277 g/mol. The maximum atomic E-state index is 11.0. The van der Waals surface area contributed by atoms with Crippen LogP contribution in [-0.2, 0) is 10.0 Å². The van der Waals surface area contributed by atoms with E-state index in [-0.39, 0.29) is 0 Å². The minimum Gasteiger partial charge on any atom is -0.354 e. The van der Waals surface area contributed by atoms with Crippen molar-refractivity contribution in [2.75, 3.05) is 16.3 Å². The van der Waals surface area contributed by atoms with E-state index >= 15 is 0 Å². The van der Waals surface area contributed by atoms with Crippen LogP contribution in [0.3, 0.4) is 0 Å². The van der Waals surface area contributed by atoms with Gasteiger partial charge in [-0.1, -0.05) is 12.1 Å². The summed E-state index contributed by atoms with van der Waals surface area (Å²) in [6.45, 7) is 2.02. The third-order valence-corrected chi connectivity index (χ3v) is 2.94. The zero-order chi connectivity index (χ0) is 13.9. The molecular formula is C13H15N3O2S. The molecule has 0 aliphatic heterocycles. The van der Waals surface area contributed by atoms with Gasteiger partial charge in [0, 0.05) is 5.69 Å². The van der Waals surface area contributed by atoms with Crippen molar-refractivity contribution in [1.82, 2.24) is 4.98 Å². The lowest BCUT2D eigenvalue weighted by Gasteiger charge is -2.08. The molecule has 0 saturated heterocycles. The van der Waals surface area contributed by atoms with E-state index in [0.717, 1.165) is 23.2 Å². The first-order valence-corrected chi connectivity index (χ1v) is 7.59. The van der Waals surface area contributed by atoms with Crippen LogP contribution in [0.1, 0.15) is 5.56 Å². The molecule has 0 fully saturated rings. The lowest BCUT2D eigenvalue weighted by Crippen LogP contribution is -2.10. The van der Waals surface area contributed by atoms with Crippen LogP contribution in [0.2, 0.25) is 0 Å². The van der Waals surface area contributed by atoms with Crippen molar-refractivity contribution in [2.45, 2.75) is 6.92 Å². The number of pyridine rings is 1. The Morgan fingerprint density at radius 2 is 1.89 bits per heavy atom. The fourth-order valence-electron chi connectivity index (χ4n) is 1.61. The van der Waals surface area contributed by atoms with Crippen LogP contribution < -0.4 is 10.0 Å². The second kappa shape index (κ2) is 5.27. The van der Waals surface area contributed by atoms with Gasteiger partial charge in [-0.15, -0.1) is 0 Å². The lowest BCUT2D eigenvalue weighted by molar-refractivity contribution is 0.606. The maximum Gasteiger partial charge on any atom is 0.230 e. The van der Waals surface area contributed by atoms with Crippen LogP contribution in [-0.4, -0.2) is 19.7 Å². The Morgan fingerprint density at radius 1 is 1.11 bits per heavy atom. The predicted molar refractivity (Wildman–Crippen MR) is 77.2 cm³/mol. The summed E-state index contributed by atoms with van der Waals surface area (Å²) in [6.07, 6.45) is 2.67. The van der Waals surface area contributed by atoms with E-state index in [9.17, 15) is 8.42 Å². The third kappa shape index (κ3) is 4.26. The van der Waals surface area contributed by atoms with Gasteiger partial charge in [0.2, 0.25) is 10.0 Å². The smallest absolute Gasteiger partial charge is 0.230 e. The molecule has 0 atom stereocenters. The lowest BCUT2D eigenvalue weighted by atomic mass is 10.2. The van der Waals surface area contributed by atoms with Crippen LogP contribution in [0.4, 0.5) is 17.2 Å². The highest BCUT2D eigenvalue weighted by molar-refractivity contribution is 7.92. The van der Waals surface area contributed by atoms with Gasteiger partial charge in [0.15, 0.2) is 0 Å². The third-order valence-electron chi connectivity index (χ3n) is 2.36. The summed E-state index contributed by atoms with van der Waals surface area (Å²) in [5.41, 5.74) is 2.92. The van der Waals surface area contributed by atoms with Crippen molar-refractivity contribution in [1.29, 1.82) is 0 Å². The Morgan fingerprint density at radius 3 is 2.47 bits per heavy atom. The highest BCUT2D eigenvalue weighted by Gasteiger charge is 2.02. The summed E-state index contributed by atoms with van der Waals surface area (Å²) in [4.78, 5) is 4.03. The van der Waals surface area contributed by atoms with Crippen LogP contribution in [0, 0.1) is 6.92 Å². The Labute approximate surface area is 112 Å². The molecule has 1 aromatic heterocycles. The summed E-state index contributed by atoms with van der Waals surface area (Å²) in [6, 6.07) is 11.3. The second-order valence-corrected chi connectivity index (χ2v) is 6.05. The van der Waals surface area contributed by atoms with Crippen LogP contribution in [0.25, 0.3) is 0 Å². The van der Waals surface area contributed by atoms with Crippen LogP contribution in [0.5, 0.6) is 0 Å². The molecule has 0 aliphatic carbocycles. The Balaban J connectivity index is 2.11. The van der Waals surface area contributed by atoms with Crippen molar-refractivity contribution in [3.63, 3.8) is 0 Å². The average Bonchev–Trinajstić information content (AvgIpc) is 2.30. The Kier molecular flexibility index (Phi) is 3.71. The molecule has 1 aromatic carbocycles. The number of anilines is 3. The fraction of sp³-hybridized carbons (Fsp3) is 0.154. The molecule has 100 valence electrons. The van der Waals surface area contributed by atoms with Crippen molar-refractivity contribution in [2.24, 2.45) is 0 Å². The highest BCUT2D eigenvalue weighted by atomic mass is 32.2. The number of nitrogens with one attached hydrogen (secondary N) is 2. The van der Waals surface area contributed by atoms with Crippen molar-refractivity contribution in [3.8, 4) is 0 Å². The van der Waals surface area contributed by atoms with E-state index in [1.54, 1.807) is 18.3 Å². The topological polar surface area (TPSA) is 71.1 Å². The summed E-state index contributed by atoms with van der Waals surface area (Å²) in [7, 11) is -3.29. The van der Waals surface area contributed by atoms with E-state index in [1.807, 2.05) is 31.2 Å². The molecule has 0 unspecified atom stereocenters. The summed E-state index contributed by atoms with van der Waals surface area (Å²) < 4.78 is 24.4. The van der Waals surface area contributed by atoms with Gasteiger partial charge in [-0.05, 0) is 36.8 Å². The van der Waals surface area contributed by atoms with Gasteiger partial charge in [-0.3, -0.25) is 4.72 Å². The zero-order valence-corrected chi connectivity index (χ0v) is 11.5. The molecule has 19 heavy (non-hydrogen) atoms. The van der Waals surface area contributed by atoms with E-state index in [0.29, 0.717) is 5.82 Å². The maximum absolute atomic E-state index is 11.0. The molecular weight excluding hydrogens is 262 g/mol. The van der Waals surface area contributed by atoms with Crippen LogP contribution >= 0.6 is 0 Å². The number of nitrogens with zero attached hydrogens (tertiary/aromatic N) is 1. The monoisotopic (exact) mass is 277 g/mol. The first kappa shape index (κ1) is 13.4. The van der Waals surface area contributed by atoms with E-state index in [1.165, 1.54) is 0 Å². The van der Waals surface area contributed by atoms with Gasteiger partial charge in [0.25, 0.3) is 0 Å². The highest BCUT2D eigenvalue weighted by Crippen LogP contribution is 2.18. The molecule has 5 nitrogen and oxygen atoms in total. The normalized spacial score (nSPS) is 11.1. The van der Waals surface area contributed by atoms with Crippen molar-refractivity contribution < 1.29 is 8.42 Å². The molecule has 0 spiro atoms. The molecule has 2 N–H and O–H groups in total. The number of benzene rings is 1. The quantitative estimate of drug-likeness (QED) is 0.900. The molecule has 0 saturated carbocycles. The van der Waals surface area contributed by atoms with Gasteiger partial charge in [0.1, 0.15) is 5.82 Å². The molecule has 6 heteroatoms. The number of rotatable bonds is 4. The minimum absolute atomic E-state index is 0.303. The van der Waals surface area contributed by atoms with Crippen molar-refractivity contribution >= 4 is 27.2 Å². The number of aromatic nitrogens is 1.